The van der Waals surface area contributed by atoms with Gasteiger partial charge < -0.3 is 0 Å². The number of benzene rings is 5. The molecule has 194 valence electrons. The van der Waals surface area contributed by atoms with E-state index in [-0.39, 0.29) is 0 Å². The number of nitrogens with zero attached hydrogens (tertiary/aromatic N) is 3. The van der Waals surface area contributed by atoms with Gasteiger partial charge in [-0.15, -0.1) is 0 Å². The van der Waals surface area contributed by atoms with Crippen molar-refractivity contribution in [2.45, 2.75) is 6.17 Å². The number of rotatable bonds is 8. The molecule has 6 rings (SSSR count). The second-order valence-corrected chi connectivity index (χ2v) is 10.9. The molecule has 0 aliphatic rings. The van der Waals surface area contributed by atoms with E-state index in [1.165, 1.54) is 33.1 Å². The van der Waals surface area contributed by atoms with Crippen LogP contribution >= 0.6 is 0 Å². The Hall–Kier alpha value is -4.74. The lowest BCUT2D eigenvalue weighted by molar-refractivity contribution is 0.738. The molecular formula is C35H32BN3Si. The third kappa shape index (κ3) is 7.43. The molecule has 0 radical (unpaired) electrons. The van der Waals surface area contributed by atoms with Crippen molar-refractivity contribution in [1.29, 1.82) is 0 Å². The van der Waals surface area contributed by atoms with Crippen LogP contribution in [-0.4, -0.2) is 31.0 Å². The smallest absolute Gasteiger partial charge is 0.241 e. The summed E-state index contributed by atoms with van der Waals surface area (Å²) in [6.45, 7) is 0.309. The van der Waals surface area contributed by atoms with E-state index in [4.69, 9.17) is 0 Å². The SMILES string of the molecule is C([SiH2]Cn1cncn1)=C(c1ccccc1)c1ccccc1.c1ccc(B(c2ccccc2)c2ccccc2)cc1. The molecule has 5 heteroatoms. The average Bonchev–Trinajstić information content (AvgIpc) is 3.56. The van der Waals surface area contributed by atoms with E-state index in [0.29, 0.717) is 6.71 Å². The highest BCUT2D eigenvalue weighted by Crippen LogP contribution is 2.22. The minimum atomic E-state index is -0.394. The van der Waals surface area contributed by atoms with Gasteiger partial charge in [-0.25, -0.2) is 4.98 Å². The molecule has 0 aliphatic carbocycles. The molecule has 0 aliphatic heterocycles. The van der Waals surface area contributed by atoms with Crippen LogP contribution in [0.4, 0.5) is 0 Å². The summed E-state index contributed by atoms with van der Waals surface area (Å²) >= 11 is 0. The van der Waals surface area contributed by atoms with E-state index in [0.717, 1.165) is 6.17 Å². The predicted molar refractivity (Wildman–Crippen MR) is 173 cm³/mol. The Kier molecular flexibility index (Phi) is 9.68. The first-order chi connectivity index (χ1) is 19.9. The van der Waals surface area contributed by atoms with Gasteiger partial charge in [0.2, 0.25) is 6.71 Å². The summed E-state index contributed by atoms with van der Waals surface area (Å²) < 4.78 is 1.91. The summed E-state index contributed by atoms with van der Waals surface area (Å²) in [5.41, 5.74) is 10.3. The molecule has 6 aromatic rings. The summed E-state index contributed by atoms with van der Waals surface area (Å²) in [5, 5.41) is 4.17. The summed E-state index contributed by atoms with van der Waals surface area (Å²) in [5.74, 6) is 0. The average molecular weight is 534 g/mol. The first kappa shape index (κ1) is 26.9. The van der Waals surface area contributed by atoms with Crippen molar-refractivity contribution in [1.82, 2.24) is 14.8 Å². The largest absolute Gasteiger partial charge is 0.256 e. The van der Waals surface area contributed by atoms with Gasteiger partial charge in [-0.2, -0.15) is 5.10 Å². The van der Waals surface area contributed by atoms with Crippen LogP contribution in [0.5, 0.6) is 0 Å². The Bertz CT molecular complexity index is 1420. The standard InChI is InChI=1S/C18H15B.C17H17N3Si/c1-4-10-16(11-5-1)19(17-12-6-2-7-13-17)18-14-8-3-9-15-18;1-3-7-15(8-4-1)17(16-9-5-2-6-10-16)11-21-14-20-13-18-12-19-20/h1-15H;1-13H,14,21H2. The van der Waals surface area contributed by atoms with Crippen LogP contribution in [0.25, 0.3) is 5.57 Å². The zero-order valence-electron chi connectivity index (χ0n) is 22.5. The predicted octanol–water partition coefficient (Wildman–Crippen LogP) is 4.70. The molecule has 0 saturated heterocycles. The molecular weight excluding hydrogens is 501 g/mol. The zero-order valence-corrected chi connectivity index (χ0v) is 23.9. The third-order valence-corrected chi connectivity index (χ3v) is 8.15. The van der Waals surface area contributed by atoms with Gasteiger partial charge in [0.25, 0.3) is 0 Å². The van der Waals surface area contributed by atoms with E-state index in [1.807, 2.05) is 4.68 Å². The van der Waals surface area contributed by atoms with Crippen molar-refractivity contribution >= 4 is 38.2 Å². The van der Waals surface area contributed by atoms with Crippen molar-refractivity contribution in [3.05, 3.63) is 181 Å². The second kappa shape index (κ2) is 14.4. The van der Waals surface area contributed by atoms with Gasteiger partial charge in [-0.3, -0.25) is 4.68 Å². The highest BCUT2D eigenvalue weighted by molar-refractivity contribution is 6.95. The van der Waals surface area contributed by atoms with E-state index < -0.39 is 9.52 Å². The summed E-state index contributed by atoms with van der Waals surface area (Å²) in [4.78, 5) is 3.99. The van der Waals surface area contributed by atoms with Crippen molar-refractivity contribution in [3.63, 3.8) is 0 Å². The first-order valence-electron chi connectivity index (χ1n) is 13.7. The van der Waals surface area contributed by atoms with Crippen LogP contribution in [0.15, 0.2) is 170 Å². The lowest BCUT2D eigenvalue weighted by atomic mass is 9.37. The highest BCUT2D eigenvalue weighted by Gasteiger charge is 2.20. The van der Waals surface area contributed by atoms with Gasteiger partial charge in [0, 0.05) is 6.17 Å². The van der Waals surface area contributed by atoms with Crippen LogP contribution in [0.1, 0.15) is 11.1 Å². The van der Waals surface area contributed by atoms with Crippen LogP contribution in [0.2, 0.25) is 0 Å². The summed E-state index contributed by atoms with van der Waals surface area (Å²) in [6, 6.07) is 53.2. The molecule has 5 aromatic carbocycles. The van der Waals surface area contributed by atoms with E-state index in [2.05, 4.69) is 167 Å². The monoisotopic (exact) mass is 533 g/mol. The van der Waals surface area contributed by atoms with Crippen molar-refractivity contribution in [2.24, 2.45) is 0 Å². The molecule has 40 heavy (non-hydrogen) atoms. The van der Waals surface area contributed by atoms with Gasteiger partial charge in [-0.1, -0.05) is 174 Å². The van der Waals surface area contributed by atoms with Gasteiger partial charge in [0.1, 0.15) is 12.7 Å². The second-order valence-electron chi connectivity index (χ2n) is 9.46. The number of hydrogen-bond donors (Lipinski definition) is 0. The fourth-order valence-electron chi connectivity index (χ4n) is 4.84. The van der Waals surface area contributed by atoms with Crippen LogP contribution in [0.3, 0.4) is 0 Å². The molecule has 0 N–H and O–H groups in total. The molecule has 1 heterocycles. The minimum absolute atomic E-state index is 0.309. The van der Waals surface area contributed by atoms with Gasteiger partial charge in [-0.05, 0) is 16.7 Å². The van der Waals surface area contributed by atoms with Crippen molar-refractivity contribution < 1.29 is 0 Å². The molecule has 3 nitrogen and oxygen atoms in total. The van der Waals surface area contributed by atoms with Gasteiger partial charge >= 0.3 is 0 Å². The van der Waals surface area contributed by atoms with Crippen LogP contribution in [-0.2, 0) is 6.17 Å². The quantitative estimate of drug-likeness (QED) is 0.266. The molecule has 0 amide bonds. The molecule has 0 fully saturated rings. The first-order valence-corrected chi connectivity index (χ1v) is 15.5. The maximum absolute atomic E-state index is 4.17. The Labute approximate surface area is 239 Å². The molecule has 0 saturated carbocycles. The van der Waals surface area contributed by atoms with Crippen molar-refractivity contribution in [2.75, 3.05) is 0 Å². The van der Waals surface area contributed by atoms with E-state index >= 15 is 0 Å². The van der Waals surface area contributed by atoms with Gasteiger partial charge in [0.15, 0.2) is 0 Å². The number of hydrogen-bond acceptors (Lipinski definition) is 2. The lowest BCUT2D eigenvalue weighted by Crippen LogP contribution is -2.51. The molecule has 0 bridgehead atoms. The maximum Gasteiger partial charge on any atom is 0.241 e. The van der Waals surface area contributed by atoms with E-state index in [9.17, 15) is 0 Å². The van der Waals surface area contributed by atoms with Crippen LogP contribution in [0, 0.1) is 0 Å². The Morgan fingerprint density at radius 3 is 1.35 bits per heavy atom. The molecule has 0 atom stereocenters. The Balaban J connectivity index is 0.000000162. The minimum Gasteiger partial charge on any atom is -0.256 e. The lowest BCUT2D eigenvalue weighted by Gasteiger charge is -2.15. The molecule has 0 unspecified atom stereocenters. The van der Waals surface area contributed by atoms with E-state index in [1.54, 1.807) is 12.7 Å². The Morgan fingerprint density at radius 1 is 0.575 bits per heavy atom. The van der Waals surface area contributed by atoms with Gasteiger partial charge in [0.05, 0.1) is 9.52 Å². The summed E-state index contributed by atoms with van der Waals surface area (Å²) in [6.07, 6.45) is 4.35. The maximum atomic E-state index is 4.17. The third-order valence-electron chi connectivity index (χ3n) is 6.74. The molecule has 0 spiro atoms. The van der Waals surface area contributed by atoms with Crippen LogP contribution < -0.4 is 16.4 Å². The number of aromatic nitrogens is 3. The highest BCUT2D eigenvalue weighted by atomic mass is 28.2. The fraction of sp³-hybridized carbons (Fsp3) is 0.0286. The zero-order chi connectivity index (χ0) is 27.2. The fourth-order valence-corrected chi connectivity index (χ4v) is 6.23. The normalized spacial score (nSPS) is 10.5. The Morgan fingerprint density at radius 2 is 0.975 bits per heavy atom. The molecule has 1 aromatic heterocycles. The summed E-state index contributed by atoms with van der Waals surface area (Å²) in [7, 11) is -0.394. The topological polar surface area (TPSA) is 30.7 Å². The van der Waals surface area contributed by atoms with Crippen molar-refractivity contribution in [3.8, 4) is 0 Å².